The minimum atomic E-state index is -1.35. The number of hydrogen-bond donors (Lipinski definition) is 2. The first-order chi connectivity index (χ1) is 11.6. The van der Waals surface area contributed by atoms with Crippen molar-refractivity contribution in [2.24, 2.45) is 5.41 Å². The fourth-order valence-corrected chi connectivity index (χ4v) is 3.03. The molecule has 0 saturated heterocycles. The Labute approximate surface area is 150 Å². The van der Waals surface area contributed by atoms with Crippen molar-refractivity contribution < 1.29 is 14.7 Å². The van der Waals surface area contributed by atoms with E-state index in [-0.39, 0.29) is 5.41 Å². The number of rotatable bonds is 5. The Morgan fingerprint density at radius 2 is 1.84 bits per heavy atom. The average Bonchev–Trinajstić information content (AvgIpc) is 2.44. The molecule has 0 fully saturated rings. The van der Waals surface area contributed by atoms with E-state index in [4.69, 9.17) is 5.11 Å². The minimum Gasteiger partial charge on any atom is -0.465 e. The number of nitrogens with one attached hydrogen (secondary N) is 1. The molecule has 0 heterocycles. The van der Waals surface area contributed by atoms with Crippen LogP contribution in [-0.2, 0) is 4.79 Å². The highest BCUT2D eigenvalue weighted by molar-refractivity contribution is 5.98. The summed E-state index contributed by atoms with van der Waals surface area (Å²) in [5.74, 6) is -0.641. The number of carbonyl (C=O) groups excluding carboxylic acids is 1. The van der Waals surface area contributed by atoms with Crippen LogP contribution in [0.5, 0.6) is 0 Å². The Kier molecular flexibility index (Phi) is 7.62. The summed E-state index contributed by atoms with van der Waals surface area (Å²) >= 11 is 0. The number of hydrogen-bond acceptors (Lipinski definition) is 2. The summed E-state index contributed by atoms with van der Waals surface area (Å²) in [4.78, 5) is 21.7. The topological polar surface area (TPSA) is 66.4 Å². The second-order valence-electron chi connectivity index (χ2n) is 7.22. The molecule has 4 heteroatoms. The molecule has 0 aromatic carbocycles. The molecule has 1 aliphatic rings. The van der Waals surface area contributed by atoms with Crippen LogP contribution < -0.4 is 5.32 Å². The Hall–Kier alpha value is -2.36. The van der Waals surface area contributed by atoms with E-state index in [9.17, 15) is 9.59 Å². The third kappa shape index (κ3) is 7.38. The summed E-state index contributed by atoms with van der Waals surface area (Å²) in [6.45, 7) is 10.6. The van der Waals surface area contributed by atoms with Crippen LogP contribution in [0.4, 0.5) is 4.79 Å². The third-order valence-corrected chi connectivity index (χ3v) is 4.36. The van der Waals surface area contributed by atoms with Gasteiger partial charge in [0.25, 0.3) is 5.91 Å². The monoisotopic (exact) mass is 343 g/mol. The van der Waals surface area contributed by atoms with Crippen molar-refractivity contribution >= 4 is 12.0 Å². The zero-order valence-electron chi connectivity index (χ0n) is 15.8. The number of allylic oxidation sites excluding steroid dienone is 9. The lowest BCUT2D eigenvalue weighted by atomic mass is 9.72. The molecule has 0 unspecified atom stereocenters. The molecule has 0 aromatic rings. The lowest BCUT2D eigenvalue weighted by molar-refractivity contribution is -0.115. The predicted molar refractivity (Wildman–Crippen MR) is 102 cm³/mol. The van der Waals surface area contributed by atoms with Crippen molar-refractivity contribution in [2.45, 2.75) is 53.9 Å². The fraction of sp³-hybridized carbons (Fsp3) is 0.429. The van der Waals surface area contributed by atoms with Crippen LogP contribution in [0.1, 0.15) is 53.9 Å². The van der Waals surface area contributed by atoms with Gasteiger partial charge in [-0.2, -0.15) is 0 Å². The quantitative estimate of drug-likeness (QED) is 0.525. The largest absolute Gasteiger partial charge is 0.465 e. The number of carboxylic acid groups (broad SMARTS) is 1. The molecule has 25 heavy (non-hydrogen) atoms. The Morgan fingerprint density at radius 1 is 1.16 bits per heavy atom. The molecule has 0 aromatic heterocycles. The maximum absolute atomic E-state index is 11.3. The van der Waals surface area contributed by atoms with Gasteiger partial charge in [-0.3, -0.25) is 10.1 Å². The van der Waals surface area contributed by atoms with Crippen LogP contribution in [0, 0.1) is 5.41 Å². The zero-order valence-corrected chi connectivity index (χ0v) is 15.8. The average molecular weight is 343 g/mol. The van der Waals surface area contributed by atoms with Crippen LogP contribution in [0.25, 0.3) is 0 Å². The molecule has 136 valence electrons. The first kappa shape index (κ1) is 20.7. The molecule has 2 amide bonds. The van der Waals surface area contributed by atoms with Crippen LogP contribution in [0.15, 0.2) is 58.7 Å². The lowest BCUT2D eigenvalue weighted by Gasteiger charge is -2.32. The van der Waals surface area contributed by atoms with E-state index >= 15 is 0 Å². The maximum atomic E-state index is 11.3. The van der Waals surface area contributed by atoms with E-state index in [0.717, 1.165) is 5.57 Å². The van der Waals surface area contributed by atoms with Gasteiger partial charge in [0.15, 0.2) is 0 Å². The molecular weight excluding hydrogens is 314 g/mol. The minimum absolute atomic E-state index is 0.228. The molecule has 0 bridgehead atoms. The van der Waals surface area contributed by atoms with E-state index in [0.29, 0.717) is 5.57 Å². The molecule has 4 nitrogen and oxygen atoms in total. The van der Waals surface area contributed by atoms with Gasteiger partial charge in [0, 0.05) is 6.08 Å². The molecule has 0 atom stereocenters. The van der Waals surface area contributed by atoms with Crippen molar-refractivity contribution in [3.8, 4) is 0 Å². The number of imide groups is 1. The van der Waals surface area contributed by atoms with E-state index < -0.39 is 12.0 Å². The van der Waals surface area contributed by atoms with Gasteiger partial charge in [0.2, 0.25) is 0 Å². The summed E-state index contributed by atoms with van der Waals surface area (Å²) in [7, 11) is 0. The molecule has 1 aliphatic carbocycles. The molecular formula is C21H29NO3. The maximum Gasteiger partial charge on any atom is 0.411 e. The van der Waals surface area contributed by atoms with Crippen molar-refractivity contribution in [3.63, 3.8) is 0 Å². The lowest BCUT2D eigenvalue weighted by Crippen LogP contribution is -2.26. The molecule has 0 aliphatic heterocycles. The van der Waals surface area contributed by atoms with Gasteiger partial charge in [-0.05, 0) is 56.6 Å². The van der Waals surface area contributed by atoms with Crippen LogP contribution in [0.3, 0.4) is 0 Å². The van der Waals surface area contributed by atoms with Gasteiger partial charge in [-0.15, -0.1) is 0 Å². The SMILES string of the molecule is CC1=C(/C=C/C(C)=C/C=C/C(C)=C/C(=O)NC(=O)O)C(C)(C)CCC1. The van der Waals surface area contributed by atoms with E-state index in [2.05, 4.69) is 32.9 Å². The summed E-state index contributed by atoms with van der Waals surface area (Å²) < 4.78 is 0. The highest BCUT2D eigenvalue weighted by Gasteiger charge is 2.26. The Balaban J connectivity index is 2.74. The normalized spacial score (nSPS) is 18.9. The van der Waals surface area contributed by atoms with E-state index in [1.807, 2.05) is 19.1 Å². The summed E-state index contributed by atoms with van der Waals surface area (Å²) in [6.07, 6.45) is 13.5. The summed E-state index contributed by atoms with van der Waals surface area (Å²) in [5, 5.41) is 10.2. The summed E-state index contributed by atoms with van der Waals surface area (Å²) in [5.41, 5.74) is 4.92. The second kappa shape index (κ2) is 9.21. The van der Waals surface area contributed by atoms with Crippen molar-refractivity contribution in [1.82, 2.24) is 5.32 Å². The second-order valence-corrected chi connectivity index (χ2v) is 7.22. The fourth-order valence-electron chi connectivity index (χ4n) is 3.03. The highest BCUT2D eigenvalue weighted by Crippen LogP contribution is 2.40. The van der Waals surface area contributed by atoms with Gasteiger partial charge in [0.1, 0.15) is 0 Å². The molecule has 0 saturated carbocycles. The number of amides is 2. The molecule has 1 rings (SSSR count). The Morgan fingerprint density at radius 3 is 2.44 bits per heavy atom. The zero-order chi connectivity index (χ0) is 19.0. The van der Waals surface area contributed by atoms with Gasteiger partial charge in [-0.25, -0.2) is 4.79 Å². The smallest absolute Gasteiger partial charge is 0.411 e. The van der Waals surface area contributed by atoms with Gasteiger partial charge in [-0.1, -0.05) is 55.4 Å². The van der Waals surface area contributed by atoms with Crippen molar-refractivity contribution in [3.05, 3.63) is 58.7 Å². The molecule has 0 spiro atoms. The van der Waals surface area contributed by atoms with Gasteiger partial charge in [0.05, 0.1) is 0 Å². The van der Waals surface area contributed by atoms with Crippen molar-refractivity contribution in [1.29, 1.82) is 0 Å². The third-order valence-electron chi connectivity index (χ3n) is 4.36. The Bertz CT molecular complexity index is 673. The van der Waals surface area contributed by atoms with E-state index in [1.165, 1.54) is 36.5 Å². The molecule has 2 N–H and O–H groups in total. The highest BCUT2D eigenvalue weighted by atomic mass is 16.4. The van der Waals surface area contributed by atoms with Crippen LogP contribution in [0.2, 0.25) is 0 Å². The number of carbonyl (C=O) groups is 2. The van der Waals surface area contributed by atoms with Gasteiger partial charge < -0.3 is 5.11 Å². The summed E-state index contributed by atoms with van der Waals surface area (Å²) in [6, 6.07) is 0. The van der Waals surface area contributed by atoms with Crippen LogP contribution in [-0.4, -0.2) is 17.1 Å². The molecule has 0 radical (unpaired) electrons. The van der Waals surface area contributed by atoms with E-state index in [1.54, 1.807) is 18.3 Å². The van der Waals surface area contributed by atoms with Gasteiger partial charge >= 0.3 is 6.09 Å². The standard InChI is InChI=1S/C21H29NO3/c1-15(8-6-9-16(2)14-19(23)22-20(24)25)11-12-18-17(3)10-7-13-21(18,4)5/h6,8-9,11-12,14H,7,10,13H2,1-5H3,(H,22,23)(H,24,25)/b9-6+,12-11+,15-8+,16-14+. The van der Waals surface area contributed by atoms with Crippen molar-refractivity contribution in [2.75, 3.05) is 0 Å². The predicted octanol–water partition coefficient (Wildman–Crippen LogP) is 5.31. The first-order valence-corrected chi connectivity index (χ1v) is 8.57. The first-order valence-electron chi connectivity index (χ1n) is 8.57. The van der Waals surface area contributed by atoms with Crippen LogP contribution >= 0.6 is 0 Å².